The fourth-order valence-corrected chi connectivity index (χ4v) is 2.84. The highest BCUT2D eigenvalue weighted by molar-refractivity contribution is 5.98. The molecule has 0 radical (unpaired) electrons. The monoisotopic (exact) mass is 354 g/mol. The fraction of sp³-hybridized carbons (Fsp3) is 0.350. The molecule has 0 saturated heterocycles. The van der Waals surface area contributed by atoms with Crippen LogP contribution >= 0.6 is 0 Å². The number of fused-ring (bicyclic) bond motifs is 1. The molecule has 6 heteroatoms. The first-order valence-electron chi connectivity index (χ1n) is 8.55. The number of amides is 1. The molecule has 0 aliphatic carbocycles. The van der Waals surface area contributed by atoms with Crippen molar-refractivity contribution in [1.82, 2.24) is 14.6 Å². The Morgan fingerprint density at radius 3 is 2.65 bits per heavy atom. The van der Waals surface area contributed by atoms with Gasteiger partial charge in [-0.25, -0.2) is 13.9 Å². The van der Waals surface area contributed by atoms with Crippen LogP contribution < -0.4 is 5.32 Å². The predicted octanol–water partition coefficient (Wildman–Crippen LogP) is 4.53. The molecule has 0 spiro atoms. The van der Waals surface area contributed by atoms with Crippen LogP contribution in [0.15, 0.2) is 30.6 Å². The third-order valence-electron chi connectivity index (χ3n) is 4.00. The number of rotatable bonds is 3. The van der Waals surface area contributed by atoms with E-state index >= 15 is 0 Å². The van der Waals surface area contributed by atoms with Crippen LogP contribution in [0.4, 0.5) is 10.2 Å². The van der Waals surface area contributed by atoms with Gasteiger partial charge in [-0.05, 0) is 48.1 Å². The molecule has 3 aromatic rings. The highest BCUT2D eigenvalue weighted by Gasteiger charge is 2.21. The third-order valence-corrected chi connectivity index (χ3v) is 4.00. The Balaban J connectivity index is 2.12. The lowest BCUT2D eigenvalue weighted by Gasteiger charge is -2.17. The number of aromatic nitrogens is 3. The first kappa shape index (κ1) is 18.0. The van der Waals surface area contributed by atoms with E-state index in [-0.39, 0.29) is 17.1 Å². The van der Waals surface area contributed by atoms with Gasteiger partial charge in [0.2, 0.25) is 5.91 Å². The van der Waals surface area contributed by atoms with Crippen molar-refractivity contribution >= 4 is 17.4 Å². The van der Waals surface area contributed by atoms with E-state index < -0.39 is 0 Å². The normalized spacial score (nSPS) is 11.8. The Hall–Kier alpha value is -2.76. The lowest BCUT2D eigenvalue weighted by Crippen LogP contribution is -2.20. The number of benzene rings is 1. The van der Waals surface area contributed by atoms with E-state index in [4.69, 9.17) is 0 Å². The van der Waals surface area contributed by atoms with Crippen LogP contribution in [-0.4, -0.2) is 20.5 Å². The average molecular weight is 354 g/mol. The van der Waals surface area contributed by atoms with Crippen LogP contribution in [0, 0.1) is 25.1 Å². The number of halogens is 1. The van der Waals surface area contributed by atoms with Crippen LogP contribution in [0.5, 0.6) is 0 Å². The highest BCUT2D eigenvalue weighted by atomic mass is 19.1. The number of hydrogen-bond acceptors (Lipinski definition) is 3. The van der Waals surface area contributed by atoms with Crippen molar-refractivity contribution in [3.63, 3.8) is 0 Å². The van der Waals surface area contributed by atoms with Crippen molar-refractivity contribution in [1.29, 1.82) is 0 Å². The van der Waals surface area contributed by atoms with E-state index in [9.17, 15) is 9.18 Å². The second-order valence-electron chi connectivity index (χ2n) is 7.87. The number of anilines is 1. The van der Waals surface area contributed by atoms with E-state index in [1.165, 1.54) is 6.07 Å². The summed E-state index contributed by atoms with van der Waals surface area (Å²) in [6.45, 7) is 9.65. The van der Waals surface area contributed by atoms with Gasteiger partial charge in [-0.3, -0.25) is 4.79 Å². The summed E-state index contributed by atoms with van der Waals surface area (Å²) in [5, 5.41) is 7.40. The number of carbonyl (C=O) groups excluding carboxylic acids is 1. The number of nitrogens with one attached hydrogen (secondary N) is 1. The molecule has 2 aromatic heterocycles. The first-order chi connectivity index (χ1) is 12.1. The van der Waals surface area contributed by atoms with Crippen molar-refractivity contribution in [2.24, 2.45) is 5.41 Å². The topological polar surface area (TPSA) is 59.3 Å². The lowest BCUT2D eigenvalue weighted by molar-refractivity contribution is -0.117. The van der Waals surface area contributed by atoms with Gasteiger partial charge in [-0.1, -0.05) is 26.8 Å². The molecule has 0 aliphatic heterocycles. The molecule has 1 amide bonds. The maximum atomic E-state index is 13.7. The fourth-order valence-electron chi connectivity index (χ4n) is 2.84. The Kier molecular flexibility index (Phi) is 4.52. The largest absolute Gasteiger partial charge is 0.309 e. The second-order valence-corrected chi connectivity index (χ2v) is 7.87. The standard InChI is InChI=1S/C20H23FN4O/c1-12-10-22-19-17(14-6-7-15(21)13(2)8-14)18(24-25(19)11-12)23-16(26)9-20(3,4)5/h6-8,10-11H,9H2,1-5H3,(H,23,24,26). The first-order valence-corrected chi connectivity index (χ1v) is 8.55. The third kappa shape index (κ3) is 3.74. The summed E-state index contributed by atoms with van der Waals surface area (Å²) in [4.78, 5) is 16.9. The number of hydrogen-bond donors (Lipinski definition) is 1. The van der Waals surface area contributed by atoms with Crippen molar-refractivity contribution in [2.75, 3.05) is 5.32 Å². The molecule has 0 fully saturated rings. The van der Waals surface area contributed by atoms with Gasteiger partial charge in [-0.15, -0.1) is 5.10 Å². The van der Waals surface area contributed by atoms with Gasteiger partial charge < -0.3 is 5.32 Å². The predicted molar refractivity (Wildman–Crippen MR) is 101 cm³/mol. The summed E-state index contributed by atoms with van der Waals surface area (Å²) in [7, 11) is 0. The van der Waals surface area contributed by atoms with Crippen molar-refractivity contribution in [3.05, 3.63) is 47.5 Å². The quantitative estimate of drug-likeness (QED) is 0.752. The van der Waals surface area contributed by atoms with Gasteiger partial charge in [0.1, 0.15) is 5.82 Å². The smallest absolute Gasteiger partial charge is 0.226 e. The average Bonchev–Trinajstić information content (AvgIpc) is 2.84. The summed E-state index contributed by atoms with van der Waals surface area (Å²) < 4.78 is 15.3. The number of carbonyl (C=O) groups is 1. The summed E-state index contributed by atoms with van der Waals surface area (Å²) in [6.07, 6.45) is 3.97. The maximum Gasteiger partial charge on any atom is 0.226 e. The van der Waals surface area contributed by atoms with Crippen LogP contribution in [0.3, 0.4) is 0 Å². The van der Waals surface area contributed by atoms with Crippen molar-refractivity contribution in [2.45, 2.75) is 41.0 Å². The molecule has 0 atom stereocenters. The lowest BCUT2D eigenvalue weighted by atomic mass is 9.92. The van der Waals surface area contributed by atoms with E-state index in [1.54, 1.807) is 29.8 Å². The molecule has 0 bridgehead atoms. The molecule has 0 aliphatic rings. The van der Waals surface area contributed by atoms with Gasteiger partial charge >= 0.3 is 0 Å². The van der Waals surface area contributed by atoms with Gasteiger partial charge in [0.05, 0.1) is 5.56 Å². The summed E-state index contributed by atoms with van der Waals surface area (Å²) >= 11 is 0. The zero-order valence-corrected chi connectivity index (χ0v) is 15.7. The summed E-state index contributed by atoms with van der Waals surface area (Å²) in [5.41, 5.74) is 3.42. The van der Waals surface area contributed by atoms with Gasteiger partial charge in [-0.2, -0.15) is 0 Å². The molecule has 1 N–H and O–H groups in total. The molecule has 2 heterocycles. The Labute approximate surface area is 152 Å². The van der Waals surface area contributed by atoms with Crippen LogP contribution in [0.25, 0.3) is 16.8 Å². The molecule has 0 saturated carbocycles. The molecule has 136 valence electrons. The zero-order chi connectivity index (χ0) is 19.1. The van der Waals surface area contributed by atoms with Crippen LogP contribution in [0.2, 0.25) is 0 Å². The minimum absolute atomic E-state index is 0.113. The highest BCUT2D eigenvalue weighted by Crippen LogP contribution is 2.33. The molecule has 5 nitrogen and oxygen atoms in total. The second kappa shape index (κ2) is 6.52. The Morgan fingerprint density at radius 1 is 1.27 bits per heavy atom. The van der Waals surface area contributed by atoms with Crippen LogP contribution in [0.1, 0.15) is 38.3 Å². The van der Waals surface area contributed by atoms with Gasteiger partial charge in [0.15, 0.2) is 11.5 Å². The Bertz CT molecular complexity index is 985. The minimum atomic E-state index is -0.271. The SMILES string of the molecule is Cc1cnc2c(-c3ccc(F)c(C)c3)c(NC(=O)CC(C)(C)C)nn2c1. The zero-order valence-electron chi connectivity index (χ0n) is 15.7. The number of aryl methyl sites for hydroxylation is 2. The van der Waals surface area contributed by atoms with Crippen molar-refractivity contribution < 1.29 is 9.18 Å². The van der Waals surface area contributed by atoms with Gasteiger partial charge in [0.25, 0.3) is 0 Å². The van der Waals surface area contributed by atoms with E-state index in [0.29, 0.717) is 29.0 Å². The Morgan fingerprint density at radius 2 is 2.00 bits per heavy atom. The summed E-state index contributed by atoms with van der Waals surface area (Å²) in [5.74, 6) is 0.0495. The molecular formula is C20H23FN4O. The summed E-state index contributed by atoms with van der Waals surface area (Å²) in [6, 6.07) is 4.84. The molecule has 26 heavy (non-hydrogen) atoms. The molecule has 1 aromatic carbocycles. The molecule has 3 rings (SSSR count). The van der Waals surface area contributed by atoms with Crippen LogP contribution in [-0.2, 0) is 4.79 Å². The minimum Gasteiger partial charge on any atom is -0.309 e. The maximum absolute atomic E-state index is 13.7. The van der Waals surface area contributed by atoms with Crippen molar-refractivity contribution in [3.8, 4) is 11.1 Å². The van der Waals surface area contributed by atoms with Gasteiger partial charge in [0, 0.05) is 18.8 Å². The molecular weight excluding hydrogens is 331 g/mol. The number of nitrogens with zero attached hydrogens (tertiary/aromatic N) is 3. The van der Waals surface area contributed by atoms with E-state index in [0.717, 1.165) is 11.1 Å². The van der Waals surface area contributed by atoms with E-state index in [1.807, 2.05) is 33.9 Å². The van der Waals surface area contributed by atoms with E-state index in [2.05, 4.69) is 15.4 Å². The molecule has 0 unspecified atom stereocenters.